The lowest BCUT2D eigenvalue weighted by Gasteiger charge is -2.60. The van der Waals surface area contributed by atoms with Crippen LogP contribution in [0.2, 0.25) is 19.6 Å². The van der Waals surface area contributed by atoms with Crippen molar-refractivity contribution in [3.05, 3.63) is 35.5 Å². The SMILES string of the molecule is CC(=O)C1=CC[C@H]2[C@@H]3CCC4=CC(=O)C=C[C@]4(C)[C@H]3[C@@H](O[Si](C)(C)C)C[C@]12C. The molecule has 4 heteroatoms. The van der Waals surface area contributed by atoms with Gasteiger partial charge < -0.3 is 4.43 Å². The summed E-state index contributed by atoms with van der Waals surface area (Å²) in [5.41, 5.74) is 2.12. The van der Waals surface area contributed by atoms with Gasteiger partial charge in [-0.1, -0.05) is 31.6 Å². The van der Waals surface area contributed by atoms with E-state index in [2.05, 4.69) is 45.6 Å². The van der Waals surface area contributed by atoms with E-state index in [9.17, 15) is 9.59 Å². The van der Waals surface area contributed by atoms with Gasteiger partial charge in [-0.05, 0) is 87.7 Å². The summed E-state index contributed by atoms with van der Waals surface area (Å²) < 4.78 is 6.84. The van der Waals surface area contributed by atoms with Crippen molar-refractivity contribution in [3.8, 4) is 0 Å². The van der Waals surface area contributed by atoms with Crippen LogP contribution < -0.4 is 0 Å². The minimum Gasteiger partial charge on any atom is -0.414 e. The van der Waals surface area contributed by atoms with E-state index in [0.717, 1.165) is 31.3 Å². The van der Waals surface area contributed by atoms with E-state index in [1.807, 2.05) is 6.08 Å². The van der Waals surface area contributed by atoms with Gasteiger partial charge in [0.15, 0.2) is 19.9 Å². The zero-order chi connectivity index (χ0) is 20.5. The summed E-state index contributed by atoms with van der Waals surface area (Å²) >= 11 is 0. The van der Waals surface area contributed by atoms with Gasteiger partial charge in [-0.3, -0.25) is 9.59 Å². The number of hydrogen-bond donors (Lipinski definition) is 0. The molecule has 0 aromatic carbocycles. The second-order valence-electron chi connectivity index (χ2n) is 10.8. The highest BCUT2D eigenvalue weighted by Crippen LogP contribution is 2.65. The largest absolute Gasteiger partial charge is 0.414 e. The maximum absolute atomic E-state index is 12.4. The molecule has 4 aliphatic carbocycles. The zero-order valence-electron chi connectivity index (χ0n) is 18.2. The Kier molecular flexibility index (Phi) is 4.55. The third-order valence-corrected chi connectivity index (χ3v) is 8.95. The van der Waals surface area contributed by atoms with E-state index in [-0.39, 0.29) is 28.5 Å². The van der Waals surface area contributed by atoms with Crippen LogP contribution >= 0.6 is 0 Å². The van der Waals surface area contributed by atoms with Crippen LogP contribution in [-0.4, -0.2) is 26.0 Å². The van der Waals surface area contributed by atoms with E-state index in [0.29, 0.717) is 17.8 Å². The summed E-state index contributed by atoms with van der Waals surface area (Å²) in [5.74, 6) is 1.74. The summed E-state index contributed by atoms with van der Waals surface area (Å²) in [7, 11) is -1.76. The molecule has 0 saturated heterocycles. The van der Waals surface area contributed by atoms with Crippen LogP contribution in [0.3, 0.4) is 0 Å². The maximum atomic E-state index is 12.4. The number of carbonyl (C=O) groups is 2. The van der Waals surface area contributed by atoms with E-state index in [1.165, 1.54) is 5.57 Å². The highest BCUT2D eigenvalue weighted by Gasteiger charge is 2.61. The first-order valence-electron chi connectivity index (χ1n) is 10.8. The number of ketones is 2. The number of rotatable bonds is 3. The van der Waals surface area contributed by atoms with Crippen molar-refractivity contribution in [1.82, 2.24) is 0 Å². The fraction of sp³-hybridized carbons (Fsp3) is 0.667. The van der Waals surface area contributed by atoms with E-state index >= 15 is 0 Å². The molecule has 0 bridgehead atoms. The quantitative estimate of drug-likeness (QED) is 0.610. The topological polar surface area (TPSA) is 43.4 Å². The second kappa shape index (κ2) is 6.37. The molecule has 0 amide bonds. The highest BCUT2D eigenvalue weighted by atomic mass is 28.4. The van der Waals surface area contributed by atoms with Gasteiger partial charge in [0.25, 0.3) is 0 Å². The molecule has 0 aromatic heterocycles. The Labute approximate surface area is 170 Å². The molecular formula is C24H34O3Si. The molecule has 0 N–H and O–H groups in total. The predicted molar refractivity (Wildman–Crippen MR) is 114 cm³/mol. The van der Waals surface area contributed by atoms with Crippen LogP contribution in [0.25, 0.3) is 0 Å². The Morgan fingerprint density at radius 2 is 1.96 bits per heavy atom. The molecule has 0 aliphatic heterocycles. The van der Waals surface area contributed by atoms with Crippen LogP contribution in [0.4, 0.5) is 0 Å². The molecule has 0 aromatic rings. The average Bonchev–Trinajstić information content (AvgIpc) is 2.90. The molecule has 0 radical (unpaired) electrons. The Bertz CT molecular complexity index is 814. The van der Waals surface area contributed by atoms with Crippen LogP contribution in [0, 0.1) is 28.6 Å². The highest BCUT2D eigenvalue weighted by molar-refractivity contribution is 6.69. The lowest BCUT2D eigenvalue weighted by atomic mass is 9.47. The summed E-state index contributed by atoms with van der Waals surface area (Å²) in [5, 5.41) is 0. The number of Topliss-reactive ketones (excluding diaryl/α,β-unsaturated/α-hetero) is 1. The van der Waals surface area contributed by atoms with Gasteiger partial charge in [0.05, 0.1) is 6.10 Å². The average molecular weight is 399 g/mol. The minimum absolute atomic E-state index is 0.0803. The molecule has 4 rings (SSSR count). The Morgan fingerprint density at radius 1 is 1.25 bits per heavy atom. The van der Waals surface area contributed by atoms with Crippen LogP contribution in [0.5, 0.6) is 0 Å². The monoisotopic (exact) mass is 398 g/mol. The van der Waals surface area contributed by atoms with Crippen molar-refractivity contribution in [2.45, 2.75) is 72.2 Å². The van der Waals surface area contributed by atoms with Gasteiger partial charge in [-0.25, -0.2) is 0 Å². The molecule has 0 heterocycles. The maximum Gasteiger partial charge on any atom is 0.184 e. The lowest BCUT2D eigenvalue weighted by molar-refractivity contribution is -0.119. The van der Waals surface area contributed by atoms with Crippen LogP contribution in [-0.2, 0) is 14.0 Å². The molecule has 6 atom stereocenters. The molecule has 2 fully saturated rings. The van der Waals surface area contributed by atoms with Crippen molar-refractivity contribution in [3.63, 3.8) is 0 Å². The molecule has 28 heavy (non-hydrogen) atoms. The number of carbonyl (C=O) groups excluding carboxylic acids is 2. The first kappa shape index (κ1) is 20.0. The van der Waals surface area contributed by atoms with Crippen molar-refractivity contribution in [2.24, 2.45) is 28.6 Å². The molecule has 0 spiro atoms. The standard InChI is InChI=1S/C24H34O3Si/c1-15(25)19-9-10-20-18-8-7-16-13-17(26)11-12-23(16,2)22(18)21(14-24(19,20)3)27-28(4,5)6/h9,11-13,18,20-22H,7-8,10,14H2,1-6H3/t18-,20-,21-,22+,23-,24+/m0/s1. The molecule has 4 aliphatic rings. The van der Waals surface area contributed by atoms with Crippen LogP contribution in [0.15, 0.2) is 35.5 Å². The van der Waals surface area contributed by atoms with Crippen molar-refractivity contribution in [2.75, 3.05) is 0 Å². The Morgan fingerprint density at radius 3 is 2.61 bits per heavy atom. The molecule has 152 valence electrons. The smallest absolute Gasteiger partial charge is 0.184 e. The Hall–Kier alpha value is -1.26. The zero-order valence-corrected chi connectivity index (χ0v) is 19.2. The lowest BCUT2D eigenvalue weighted by Crippen LogP contribution is -2.58. The van der Waals surface area contributed by atoms with Crippen LogP contribution in [0.1, 0.15) is 46.5 Å². The molecule has 2 saturated carbocycles. The number of hydrogen-bond acceptors (Lipinski definition) is 3. The normalized spacial score (nSPS) is 42.3. The van der Waals surface area contributed by atoms with Crippen molar-refractivity contribution >= 4 is 19.9 Å². The summed E-state index contributed by atoms with van der Waals surface area (Å²) in [6.45, 7) is 13.1. The van der Waals surface area contributed by atoms with Gasteiger partial charge in [-0.2, -0.15) is 0 Å². The summed E-state index contributed by atoms with van der Waals surface area (Å²) in [6, 6.07) is 0. The van der Waals surface area contributed by atoms with E-state index in [4.69, 9.17) is 4.43 Å². The van der Waals surface area contributed by atoms with E-state index in [1.54, 1.807) is 13.0 Å². The molecule has 0 unspecified atom stereocenters. The Balaban J connectivity index is 1.80. The first-order chi connectivity index (χ1) is 13.0. The van der Waals surface area contributed by atoms with Crippen molar-refractivity contribution < 1.29 is 14.0 Å². The predicted octanol–water partition coefficient (Wildman–Crippen LogP) is 5.25. The van der Waals surface area contributed by atoms with Gasteiger partial charge >= 0.3 is 0 Å². The second-order valence-corrected chi connectivity index (χ2v) is 15.3. The minimum atomic E-state index is -1.76. The third-order valence-electron chi connectivity index (χ3n) is 7.94. The fourth-order valence-electron chi connectivity index (χ4n) is 6.97. The van der Waals surface area contributed by atoms with E-state index < -0.39 is 8.32 Å². The van der Waals surface area contributed by atoms with Crippen molar-refractivity contribution in [1.29, 1.82) is 0 Å². The summed E-state index contributed by atoms with van der Waals surface area (Å²) in [6.07, 6.45) is 12.2. The number of fused-ring (bicyclic) bond motifs is 5. The van der Waals surface area contributed by atoms with Gasteiger partial charge in [0.1, 0.15) is 0 Å². The summed E-state index contributed by atoms with van der Waals surface area (Å²) in [4.78, 5) is 24.5. The number of allylic oxidation sites excluding steroid dienone is 6. The fourth-order valence-corrected chi connectivity index (χ4v) is 8.11. The first-order valence-corrected chi connectivity index (χ1v) is 14.2. The van der Waals surface area contributed by atoms with Gasteiger partial charge in [-0.15, -0.1) is 0 Å². The van der Waals surface area contributed by atoms with Gasteiger partial charge in [0, 0.05) is 10.8 Å². The molecule has 3 nitrogen and oxygen atoms in total. The van der Waals surface area contributed by atoms with Gasteiger partial charge in [0.2, 0.25) is 0 Å². The molecular weight excluding hydrogens is 364 g/mol. The third kappa shape index (κ3) is 2.95.